The number of carbonyl (C=O) groups excluding carboxylic acids is 1. The second-order valence-corrected chi connectivity index (χ2v) is 6.94. The molecule has 26 heavy (non-hydrogen) atoms. The molecule has 2 heterocycles. The third-order valence-electron chi connectivity index (χ3n) is 4.72. The van der Waals surface area contributed by atoms with Gasteiger partial charge >= 0.3 is 0 Å². The van der Waals surface area contributed by atoms with Crippen LogP contribution in [0.3, 0.4) is 0 Å². The number of carbonyl (C=O) groups is 1. The van der Waals surface area contributed by atoms with Gasteiger partial charge in [0.25, 0.3) is 0 Å². The fraction of sp³-hybridized carbons (Fsp3) is 0.400. The topological polar surface area (TPSA) is 51.2 Å². The lowest BCUT2D eigenvalue weighted by Crippen LogP contribution is -2.36. The molecule has 1 fully saturated rings. The van der Waals surface area contributed by atoms with Gasteiger partial charge < -0.3 is 10.1 Å². The number of pyridine rings is 1. The minimum atomic E-state index is -0.458. The van der Waals surface area contributed by atoms with Crippen LogP contribution < -0.4 is 5.32 Å². The molecule has 0 saturated carbocycles. The predicted octanol–water partition coefficient (Wildman–Crippen LogP) is 4.09. The smallest absolute Gasteiger partial charge is 0.220 e. The zero-order valence-electron chi connectivity index (χ0n) is 14.5. The van der Waals surface area contributed by atoms with Crippen LogP contribution in [0.1, 0.15) is 36.4 Å². The van der Waals surface area contributed by atoms with E-state index in [4.69, 9.17) is 16.3 Å². The van der Waals surface area contributed by atoms with Crippen LogP contribution in [0.25, 0.3) is 0 Å². The molecular weight excluding hydrogens is 355 g/mol. The maximum atomic E-state index is 13.5. The largest absolute Gasteiger partial charge is 0.381 e. The number of nitrogens with one attached hydrogen (secondary N) is 1. The molecule has 0 bridgehead atoms. The van der Waals surface area contributed by atoms with Crippen LogP contribution in [0.5, 0.6) is 0 Å². The second-order valence-electron chi connectivity index (χ2n) is 6.53. The van der Waals surface area contributed by atoms with E-state index in [-0.39, 0.29) is 17.0 Å². The zero-order valence-corrected chi connectivity index (χ0v) is 15.2. The van der Waals surface area contributed by atoms with Crippen molar-refractivity contribution < 1.29 is 13.9 Å². The standard InChI is InChI=1S/C20H22ClFN2O2/c21-17-5-3-14(12-18(17)22)4-6-19(25)24-20(15-7-10-26-11-8-15)16-2-1-9-23-13-16/h1-3,5,9,12-13,15,20H,4,6-8,10-11H2,(H,24,25). The van der Waals surface area contributed by atoms with E-state index in [0.29, 0.717) is 32.0 Å². The summed E-state index contributed by atoms with van der Waals surface area (Å²) in [5, 5.41) is 3.24. The Kier molecular flexibility index (Phi) is 6.58. The summed E-state index contributed by atoms with van der Waals surface area (Å²) in [6, 6.07) is 8.43. The normalized spacial score (nSPS) is 16.2. The van der Waals surface area contributed by atoms with Crippen LogP contribution in [0.2, 0.25) is 5.02 Å². The highest BCUT2D eigenvalue weighted by Gasteiger charge is 2.27. The maximum Gasteiger partial charge on any atom is 0.220 e. The van der Waals surface area contributed by atoms with E-state index in [0.717, 1.165) is 24.0 Å². The Hall–Kier alpha value is -1.98. The van der Waals surface area contributed by atoms with Crippen molar-refractivity contribution in [3.05, 3.63) is 64.7 Å². The van der Waals surface area contributed by atoms with Crippen molar-refractivity contribution in [2.75, 3.05) is 13.2 Å². The monoisotopic (exact) mass is 376 g/mol. The molecule has 1 amide bonds. The van der Waals surface area contributed by atoms with Crippen molar-refractivity contribution in [3.63, 3.8) is 0 Å². The summed E-state index contributed by atoms with van der Waals surface area (Å²) in [6.07, 6.45) is 6.09. The third kappa shape index (κ3) is 5.02. The summed E-state index contributed by atoms with van der Waals surface area (Å²) in [7, 11) is 0. The Balaban J connectivity index is 1.63. The van der Waals surface area contributed by atoms with Gasteiger partial charge in [0, 0.05) is 32.0 Å². The number of aryl methyl sites for hydroxylation is 1. The number of hydrogen-bond acceptors (Lipinski definition) is 3. The quantitative estimate of drug-likeness (QED) is 0.826. The van der Waals surface area contributed by atoms with E-state index in [1.807, 2.05) is 12.1 Å². The van der Waals surface area contributed by atoms with Crippen molar-refractivity contribution in [1.29, 1.82) is 0 Å². The molecule has 1 saturated heterocycles. The van der Waals surface area contributed by atoms with Crippen LogP contribution >= 0.6 is 11.6 Å². The van der Waals surface area contributed by atoms with Crippen LogP contribution in [0.4, 0.5) is 4.39 Å². The van der Waals surface area contributed by atoms with Crippen molar-refractivity contribution >= 4 is 17.5 Å². The fourth-order valence-corrected chi connectivity index (χ4v) is 3.40. The summed E-state index contributed by atoms with van der Waals surface area (Å²) in [4.78, 5) is 16.7. The lowest BCUT2D eigenvalue weighted by atomic mass is 9.87. The number of rotatable bonds is 6. The van der Waals surface area contributed by atoms with Gasteiger partial charge in [0.15, 0.2) is 0 Å². The van der Waals surface area contributed by atoms with Gasteiger partial charge in [-0.2, -0.15) is 0 Å². The summed E-state index contributed by atoms with van der Waals surface area (Å²) in [5.74, 6) is -0.189. The van der Waals surface area contributed by atoms with E-state index >= 15 is 0 Å². The molecular formula is C20H22ClFN2O2. The van der Waals surface area contributed by atoms with Crippen LogP contribution in [-0.4, -0.2) is 24.1 Å². The molecule has 6 heteroatoms. The second kappa shape index (κ2) is 9.10. The Morgan fingerprint density at radius 3 is 2.85 bits per heavy atom. The van der Waals surface area contributed by atoms with Gasteiger partial charge in [0.05, 0.1) is 11.1 Å². The van der Waals surface area contributed by atoms with E-state index in [9.17, 15) is 9.18 Å². The van der Waals surface area contributed by atoms with Gasteiger partial charge in [-0.15, -0.1) is 0 Å². The van der Waals surface area contributed by atoms with E-state index in [1.165, 1.54) is 12.1 Å². The van der Waals surface area contributed by atoms with Crippen molar-refractivity contribution in [1.82, 2.24) is 10.3 Å². The summed E-state index contributed by atoms with van der Waals surface area (Å²) >= 11 is 5.70. The first-order valence-corrected chi connectivity index (χ1v) is 9.22. The Morgan fingerprint density at radius 1 is 1.35 bits per heavy atom. The molecule has 1 aliphatic rings. The number of ether oxygens (including phenoxy) is 1. The molecule has 1 aromatic heterocycles. The highest BCUT2D eigenvalue weighted by atomic mass is 35.5. The van der Waals surface area contributed by atoms with E-state index in [1.54, 1.807) is 18.5 Å². The van der Waals surface area contributed by atoms with Crippen LogP contribution in [0.15, 0.2) is 42.7 Å². The van der Waals surface area contributed by atoms with E-state index < -0.39 is 5.82 Å². The average Bonchev–Trinajstić information content (AvgIpc) is 2.68. The molecule has 1 unspecified atom stereocenters. The first-order chi connectivity index (χ1) is 12.6. The molecule has 0 aliphatic carbocycles. The molecule has 0 spiro atoms. The van der Waals surface area contributed by atoms with Gasteiger partial charge in [0.2, 0.25) is 5.91 Å². The Bertz CT molecular complexity index is 736. The minimum Gasteiger partial charge on any atom is -0.381 e. The molecule has 138 valence electrons. The number of halogens is 2. The average molecular weight is 377 g/mol. The Morgan fingerprint density at radius 2 is 2.15 bits per heavy atom. The molecule has 0 radical (unpaired) electrons. The first-order valence-electron chi connectivity index (χ1n) is 8.84. The van der Waals surface area contributed by atoms with Crippen LogP contribution in [0, 0.1) is 11.7 Å². The van der Waals surface area contributed by atoms with Gasteiger partial charge in [-0.1, -0.05) is 23.7 Å². The minimum absolute atomic E-state index is 0.0549. The molecule has 3 rings (SSSR count). The van der Waals surface area contributed by atoms with Crippen molar-refractivity contribution in [2.45, 2.75) is 31.7 Å². The van der Waals surface area contributed by atoms with Gasteiger partial charge in [-0.05, 0) is 54.5 Å². The van der Waals surface area contributed by atoms with Crippen molar-refractivity contribution in [2.24, 2.45) is 5.92 Å². The van der Waals surface area contributed by atoms with Gasteiger partial charge in [0.1, 0.15) is 5.82 Å². The predicted molar refractivity (Wildman–Crippen MR) is 98.4 cm³/mol. The third-order valence-corrected chi connectivity index (χ3v) is 5.03. The maximum absolute atomic E-state index is 13.5. The summed E-state index contributed by atoms with van der Waals surface area (Å²) < 4.78 is 19.0. The highest BCUT2D eigenvalue weighted by molar-refractivity contribution is 6.30. The molecule has 1 N–H and O–H groups in total. The number of hydrogen-bond donors (Lipinski definition) is 1. The molecule has 1 aromatic carbocycles. The number of amides is 1. The summed E-state index contributed by atoms with van der Waals surface area (Å²) in [6.45, 7) is 1.42. The van der Waals surface area contributed by atoms with Gasteiger partial charge in [-0.3, -0.25) is 9.78 Å². The van der Waals surface area contributed by atoms with Crippen molar-refractivity contribution in [3.8, 4) is 0 Å². The molecule has 1 aliphatic heterocycles. The van der Waals surface area contributed by atoms with E-state index in [2.05, 4.69) is 10.3 Å². The zero-order chi connectivity index (χ0) is 18.4. The fourth-order valence-electron chi connectivity index (χ4n) is 3.28. The van der Waals surface area contributed by atoms with Gasteiger partial charge in [-0.25, -0.2) is 4.39 Å². The number of benzene rings is 1. The van der Waals surface area contributed by atoms with Crippen LogP contribution in [-0.2, 0) is 16.0 Å². The summed E-state index contributed by atoms with van der Waals surface area (Å²) in [5.41, 5.74) is 1.76. The molecule has 2 aromatic rings. The molecule has 1 atom stereocenters. The highest BCUT2D eigenvalue weighted by Crippen LogP contribution is 2.30. The molecule has 4 nitrogen and oxygen atoms in total. The number of aromatic nitrogens is 1. The lowest BCUT2D eigenvalue weighted by Gasteiger charge is -2.31. The number of nitrogens with zero attached hydrogens (tertiary/aromatic N) is 1. The lowest BCUT2D eigenvalue weighted by molar-refractivity contribution is -0.122. The Labute approximate surface area is 157 Å². The SMILES string of the molecule is O=C(CCc1ccc(Cl)c(F)c1)NC(c1cccnc1)C1CCOCC1. The first kappa shape index (κ1) is 18.8.